The Morgan fingerprint density at radius 1 is 1.26 bits per heavy atom. The van der Waals surface area contributed by atoms with Crippen LogP contribution in [0.3, 0.4) is 0 Å². The molecule has 112 valence electrons. The van der Waals surface area contributed by atoms with Gasteiger partial charge in [-0.15, -0.1) is 0 Å². The zero-order valence-electron chi connectivity index (χ0n) is 12.8. The molecular weight excluding hydrogens is 256 g/mol. The predicted octanol–water partition coefficient (Wildman–Crippen LogP) is 1.01. The lowest BCUT2D eigenvalue weighted by molar-refractivity contribution is 0.112. The molecule has 1 unspecified atom stereocenters. The number of hydrogen-bond acceptors (Lipinski definition) is 4. The van der Waals surface area contributed by atoms with E-state index in [0.717, 1.165) is 39.0 Å². The molecule has 0 radical (unpaired) electrons. The fourth-order valence-corrected chi connectivity index (χ4v) is 2.95. The number of rotatable bonds is 8. The van der Waals surface area contributed by atoms with Crippen molar-refractivity contribution in [2.45, 2.75) is 32.2 Å². The molecule has 0 saturated carbocycles. The maximum Gasteiger partial charge on any atom is 0.0902 e. The smallest absolute Gasteiger partial charge is 0.0902 e. The van der Waals surface area contributed by atoms with Crippen LogP contribution in [0.15, 0.2) is 0 Å². The zero-order valence-corrected chi connectivity index (χ0v) is 13.6. The lowest BCUT2D eigenvalue weighted by Crippen LogP contribution is -2.53. The third kappa shape index (κ3) is 6.17. The summed E-state index contributed by atoms with van der Waals surface area (Å²) in [5, 5.41) is 0. The van der Waals surface area contributed by atoms with Crippen molar-refractivity contribution in [1.29, 1.82) is 0 Å². The van der Waals surface area contributed by atoms with Crippen LogP contribution in [0, 0.1) is 0 Å². The minimum Gasteiger partial charge on any atom is -0.392 e. The molecule has 0 aliphatic carbocycles. The van der Waals surface area contributed by atoms with Gasteiger partial charge in [0.2, 0.25) is 0 Å². The van der Waals surface area contributed by atoms with E-state index in [1.165, 1.54) is 19.5 Å². The Morgan fingerprint density at radius 3 is 2.37 bits per heavy atom. The summed E-state index contributed by atoms with van der Waals surface area (Å²) in [6.07, 6.45) is 3.49. The molecule has 19 heavy (non-hydrogen) atoms. The van der Waals surface area contributed by atoms with Crippen molar-refractivity contribution in [2.75, 3.05) is 53.4 Å². The molecule has 1 rings (SSSR count). The molecule has 0 spiro atoms. The van der Waals surface area contributed by atoms with E-state index in [2.05, 4.69) is 35.7 Å². The van der Waals surface area contributed by atoms with Crippen LogP contribution in [0.2, 0.25) is 0 Å². The molecule has 1 fully saturated rings. The number of nitrogens with two attached hydrogens (primary N) is 1. The van der Waals surface area contributed by atoms with E-state index in [0.29, 0.717) is 11.0 Å². The largest absolute Gasteiger partial charge is 0.392 e. The summed E-state index contributed by atoms with van der Waals surface area (Å²) in [5.74, 6) is 0. The van der Waals surface area contributed by atoms with Crippen molar-refractivity contribution in [2.24, 2.45) is 5.73 Å². The second kappa shape index (κ2) is 8.84. The van der Waals surface area contributed by atoms with Gasteiger partial charge in [0, 0.05) is 26.2 Å². The summed E-state index contributed by atoms with van der Waals surface area (Å²) in [6, 6.07) is 0.309. The number of piperazine rings is 1. The van der Waals surface area contributed by atoms with Gasteiger partial charge in [-0.05, 0) is 40.0 Å². The summed E-state index contributed by atoms with van der Waals surface area (Å²) < 4.78 is 0. The molecule has 0 aromatic carbocycles. The maximum absolute atomic E-state index is 5.87. The van der Waals surface area contributed by atoms with Gasteiger partial charge in [-0.25, -0.2) is 0 Å². The van der Waals surface area contributed by atoms with Gasteiger partial charge in [0.25, 0.3) is 0 Å². The van der Waals surface area contributed by atoms with Crippen LogP contribution in [0.4, 0.5) is 0 Å². The van der Waals surface area contributed by atoms with Crippen molar-refractivity contribution in [3.05, 3.63) is 0 Å². The van der Waals surface area contributed by atoms with Crippen LogP contribution in [0.5, 0.6) is 0 Å². The van der Waals surface area contributed by atoms with Gasteiger partial charge in [-0.3, -0.25) is 4.90 Å². The van der Waals surface area contributed by atoms with Crippen LogP contribution in [0.25, 0.3) is 0 Å². The molecule has 0 amide bonds. The highest BCUT2D eigenvalue weighted by Gasteiger charge is 2.24. The highest BCUT2D eigenvalue weighted by Crippen LogP contribution is 2.12. The molecule has 1 heterocycles. The summed E-state index contributed by atoms with van der Waals surface area (Å²) in [7, 11) is 4.27. The molecule has 2 N–H and O–H groups in total. The Bertz CT molecular complexity index is 262. The summed E-state index contributed by atoms with van der Waals surface area (Å²) >= 11 is 5.21. The third-order valence-electron chi connectivity index (χ3n) is 3.82. The van der Waals surface area contributed by atoms with Gasteiger partial charge >= 0.3 is 0 Å². The fourth-order valence-electron chi connectivity index (χ4n) is 2.69. The van der Waals surface area contributed by atoms with Gasteiger partial charge in [-0.2, -0.15) is 0 Å². The molecule has 1 aliphatic heterocycles. The van der Waals surface area contributed by atoms with E-state index >= 15 is 0 Å². The van der Waals surface area contributed by atoms with Gasteiger partial charge < -0.3 is 15.5 Å². The number of nitrogens with zero attached hydrogens (tertiary/aromatic N) is 3. The average Bonchev–Trinajstić information content (AvgIpc) is 2.36. The Hall–Kier alpha value is -0.230. The molecule has 0 aromatic heterocycles. The highest BCUT2D eigenvalue weighted by molar-refractivity contribution is 7.80. The topological polar surface area (TPSA) is 35.7 Å². The normalized spacial score (nSPS) is 19.8. The van der Waals surface area contributed by atoms with E-state index in [4.69, 9.17) is 18.0 Å². The van der Waals surface area contributed by atoms with Crippen molar-refractivity contribution in [3.8, 4) is 0 Å². The summed E-state index contributed by atoms with van der Waals surface area (Å²) in [5.41, 5.74) is 5.87. The molecule has 1 atom stereocenters. The Morgan fingerprint density at radius 2 is 1.89 bits per heavy atom. The van der Waals surface area contributed by atoms with Crippen LogP contribution in [-0.2, 0) is 0 Å². The van der Waals surface area contributed by atoms with Crippen LogP contribution in [0.1, 0.15) is 26.2 Å². The molecule has 0 aromatic rings. The lowest BCUT2D eigenvalue weighted by atomic mass is 10.1. The Kier molecular flexibility index (Phi) is 7.83. The van der Waals surface area contributed by atoms with Crippen molar-refractivity contribution >= 4 is 17.2 Å². The second-order valence-electron chi connectivity index (χ2n) is 5.74. The van der Waals surface area contributed by atoms with Crippen LogP contribution >= 0.6 is 12.2 Å². The van der Waals surface area contributed by atoms with Crippen LogP contribution < -0.4 is 5.73 Å². The first kappa shape index (κ1) is 16.8. The average molecular weight is 286 g/mol. The lowest BCUT2D eigenvalue weighted by Gasteiger charge is -2.39. The molecule has 1 saturated heterocycles. The van der Waals surface area contributed by atoms with E-state index in [1.54, 1.807) is 0 Å². The second-order valence-corrected chi connectivity index (χ2v) is 6.21. The standard InChI is InChI=1S/C14H30N4S/c1-4-6-13(14(15)19)18-11-9-17(10-12-18)8-5-7-16(2)3/h13H,4-12H2,1-3H3,(H2,15,19). The number of hydrogen-bond donors (Lipinski definition) is 1. The van der Waals surface area contributed by atoms with Crippen molar-refractivity contribution in [3.63, 3.8) is 0 Å². The fraction of sp³-hybridized carbons (Fsp3) is 0.929. The van der Waals surface area contributed by atoms with Gasteiger partial charge in [-0.1, -0.05) is 25.6 Å². The van der Waals surface area contributed by atoms with Crippen LogP contribution in [-0.4, -0.2) is 79.1 Å². The summed E-state index contributed by atoms with van der Waals surface area (Å²) in [4.78, 5) is 7.94. The van der Waals surface area contributed by atoms with E-state index in [9.17, 15) is 0 Å². The van der Waals surface area contributed by atoms with Crippen molar-refractivity contribution < 1.29 is 0 Å². The van der Waals surface area contributed by atoms with Gasteiger partial charge in [0.1, 0.15) is 0 Å². The van der Waals surface area contributed by atoms with Gasteiger partial charge in [0.15, 0.2) is 0 Å². The molecule has 5 heteroatoms. The zero-order chi connectivity index (χ0) is 14.3. The monoisotopic (exact) mass is 286 g/mol. The quantitative estimate of drug-likeness (QED) is 0.674. The Balaban J connectivity index is 2.29. The van der Waals surface area contributed by atoms with E-state index < -0.39 is 0 Å². The SMILES string of the molecule is CCCC(C(N)=S)N1CCN(CCCN(C)C)CC1. The minimum absolute atomic E-state index is 0.309. The van der Waals surface area contributed by atoms with E-state index in [1.807, 2.05) is 0 Å². The molecule has 0 bridgehead atoms. The third-order valence-corrected chi connectivity index (χ3v) is 4.09. The molecule has 4 nitrogen and oxygen atoms in total. The first-order valence-electron chi connectivity index (χ1n) is 7.45. The highest BCUT2D eigenvalue weighted by atomic mass is 32.1. The number of thiocarbonyl (C=S) groups is 1. The Labute approximate surface area is 123 Å². The summed E-state index contributed by atoms with van der Waals surface area (Å²) in [6.45, 7) is 9.08. The van der Waals surface area contributed by atoms with Gasteiger partial charge in [0.05, 0.1) is 11.0 Å². The van der Waals surface area contributed by atoms with E-state index in [-0.39, 0.29) is 0 Å². The predicted molar refractivity (Wildman–Crippen MR) is 86.7 cm³/mol. The molecule has 1 aliphatic rings. The minimum atomic E-state index is 0.309. The van der Waals surface area contributed by atoms with Crippen molar-refractivity contribution in [1.82, 2.24) is 14.7 Å². The first-order valence-corrected chi connectivity index (χ1v) is 7.86. The molecular formula is C14H30N4S. The first-order chi connectivity index (χ1) is 9.04. The maximum atomic E-state index is 5.87.